The summed E-state index contributed by atoms with van der Waals surface area (Å²) < 4.78 is 0. The van der Waals surface area contributed by atoms with Crippen LogP contribution in [0.1, 0.15) is 58.8 Å². The van der Waals surface area contributed by atoms with Crippen LogP contribution in [0, 0.1) is 0 Å². The molecule has 0 saturated heterocycles. The molecule has 0 aliphatic rings. The zero-order valence-electron chi connectivity index (χ0n) is 9.97. The Morgan fingerprint density at radius 3 is 2.20 bits per heavy atom. The SMILES string of the molecule is CCCCCCCCC(=O)NCC(C)=O. The summed E-state index contributed by atoms with van der Waals surface area (Å²) in [6, 6.07) is 0. The largest absolute Gasteiger partial charge is 0.349 e. The minimum atomic E-state index is 0.000640. The Morgan fingerprint density at radius 1 is 1.00 bits per heavy atom. The van der Waals surface area contributed by atoms with Gasteiger partial charge in [0.15, 0.2) is 0 Å². The fourth-order valence-corrected chi connectivity index (χ4v) is 1.38. The van der Waals surface area contributed by atoms with Gasteiger partial charge in [-0.15, -0.1) is 0 Å². The van der Waals surface area contributed by atoms with Crippen LogP contribution in [-0.2, 0) is 9.59 Å². The fourth-order valence-electron chi connectivity index (χ4n) is 1.38. The van der Waals surface area contributed by atoms with E-state index in [-0.39, 0.29) is 18.2 Å². The first-order valence-corrected chi connectivity index (χ1v) is 5.93. The molecule has 0 rings (SSSR count). The lowest BCUT2D eigenvalue weighted by atomic mass is 10.1. The second kappa shape index (κ2) is 9.69. The van der Waals surface area contributed by atoms with E-state index in [0.717, 1.165) is 12.8 Å². The molecule has 1 amide bonds. The van der Waals surface area contributed by atoms with Gasteiger partial charge < -0.3 is 5.32 Å². The summed E-state index contributed by atoms with van der Waals surface area (Å²) >= 11 is 0. The van der Waals surface area contributed by atoms with Gasteiger partial charge >= 0.3 is 0 Å². The van der Waals surface area contributed by atoms with Gasteiger partial charge in [-0.3, -0.25) is 9.59 Å². The molecule has 1 N–H and O–H groups in total. The topological polar surface area (TPSA) is 46.2 Å². The molecule has 0 heterocycles. The van der Waals surface area contributed by atoms with E-state index in [1.807, 2.05) is 0 Å². The van der Waals surface area contributed by atoms with E-state index in [2.05, 4.69) is 12.2 Å². The van der Waals surface area contributed by atoms with E-state index in [4.69, 9.17) is 0 Å². The molecule has 0 aromatic carbocycles. The number of carbonyl (C=O) groups is 2. The summed E-state index contributed by atoms with van der Waals surface area (Å²) in [6.07, 6.45) is 7.63. The zero-order valence-corrected chi connectivity index (χ0v) is 9.97. The van der Waals surface area contributed by atoms with Crippen LogP contribution in [0.4, 0.5) is 0 Å². The van der Waals surface area contributed by atoms with Gasteiger partial charge in [0, 0.05) is 6.42 Å². The first-order valence-electron chi connectivity index (χ1n) is 5.93. The minimum Gasteiger partial charge on any atom is -0.349 e. The molecule has 0 aliphatic carbocycles. The van der Waals surface area contributed by atoms with Gasteiger partial charge in [-0.05, 0) is 13.3 Å². The van der Waals surface area contributed by atoms with E-state index in [1.54, 1.807) is 0 Å². The molecule has 0 unspecified atom stereocenters. The average Bonchev–Trinajstić information content (AvgIpc) is 2.20. The van der Waals surface area contributed by atoms with Gasteiger partial charge in [0.2, 0.25) is 5.91 Å². The van der Waals surface area contributed by atoms with Crippen molar-refractivity contribution in [3.8, 4) is 0 Å². The summed E-state index contributed by atoms with van der Waals surface area (Å²) in [5.41, 5.74) is 0. The molecule has 0 aromatic heterocycles. The van der Waals surface area contributed by atoms with Crippen molar-refractivity contribution in [2.45, 2.75) is 58.8 Å². The maximum absolute atomic E-state index is 11.2. The van der Waals surface area contributed by atoms with Gasteiger partial charge in [-0.25, -0.2) is 0 Å². The highest BCUT2D eigenvalue weighted by Gasteiger charge is 2.01. The number of amides is 1. The number of Topliss-reactive ketones (excluding diaryl/α,β-unsaturated/α-hetero) is 1. The Bertz CT molecular complexity index is 190. The quantitative estimate of drug-likeness (QED) is 0.598. The predicted molar refractivity (Wildman–Crippen MR) is 61.7 cm³/mol. The van der Waals surface area contributed by atoms with Crippen LogP contribution in [0.2, 0.25) is 0 Å². The summed E-state index contributed by atoms with van der Waals surface area (Å²) in [6.45, 7) is 3.84. The summed E-state index contributed by atoms with van der Waals surface area (Å²) in [5, 5.41) is 2.60. The Morgan fingerprint density at radius 2 is 1.60 bits per heavy atom. The maximum Gasteiger partial charge on any atom is 0.220 e. The van der Waals surface area contributed by atoms with Crippen molar-refractivity contribution in [2.75, 3.05) is 6.54 Å². The summed E-state index contributed by atoms with van der Waals surface area (Å²) in [5.74, 6) is 0.00647. The molecule has 0 atom stereocenters. The molecule has 3 nitrogen and oxygen atoms in total. The van der Waals surface area contributed by atoms with Crippen LogP contribution in [0.25, 0.3) is 0 Å². The third-order valence-electron chi connectivity index (χ3n) is 2.29. The summed E-state index contributed by atoms with van der Waals surface area (Å²) in [4.78, 5) is 21.8. The van der Waals surface area contributed by atoms with Crippen molar-refractivity contribution in [3.05, 3.63) is 0 Å². The molecule has 0 radical (unpaired) electrons. The lowest BCUT2D eigenvalue weighted by Crippen LogP contribution is -2.27. The molecule has 15 heavy (non-hydrogen) atoms. The van der Waals surface area contributed by atoms with Crippen LogP contribution in [0.5, 0.6) is 0 Å². The molecule has 0 spiro atoms. The number of nitrogens with one attached hydrogen (secondary N) is 1. The highest BCUT2D eigenvalue weighted by Crippen LogP contribution is 2.06. The minimum absolute atomic E-state index is 0.000640. The molecule has 3 heteroatoms. The third kappa shape index (κ3) is 11.1. The van der Waals surface area contributed by atoms with Crippen molar-refractivity contribution >= 4 is 11.7 Å². The van der Waals surface area contributed by atoms with Gasteiger partial charge in [0.1, 0.15) is 5.78 Å². The Hall–Kier alpha value is -0.860. The van der Waals surface area contributed by atoms with Crippen molar-refractivity contribution in [1.82, 2.24) is 5.32 Å². The highest BCUT2D eigenvalue weighted by molar-refractivity contribution is 5.84. The third-order valence-corrected chi connectivity index (χ3v) is 2.29. The second-order valence-corrected chi connectivity index (χ2v) is 4.00. The number of carbonyl (C=O) groups excluding carboxylic acids is 2. The highest BCUT2D eigenvalue weighted by atomic mass is 16.2. The number of hydrogen-bond acceptors (Lipinski definition) is 2. The van der Waals surface area contributed by atoms with Crippen molar-refractivity contribution in [1.29, 1.82) is 0 Å². The van der Waals surface area contributed by atoms with E-state index in [0.29, 0.717) is 6.42 Å². The van der Waals surface area contributed by atoms with E-state index in [1.165, 1.54) is 32.6 Å². The lowest BCUT2D eigenvalue weighted by molar-refractivity contribution is -0.124. The van der Waals surface area contributed by atoms with Crippen LogP contribution < -0.4 is 5.32 Å². The Labute approximate surface area is 92.6 Å². The number of unbranched alkanes of at least 4 members (excludes halogenated alkanes) is 5. The standard InChI is InChI=1S/C12H23NO2/c1-3-4-5-6-7-8-9-12(15)13-10-11(2)14/h3-10H2,1-2H3,(H,13,15). The van der Waals surface area contributed by atoms with Crippen LogP contribution in [0.15, 0.2) is 0 Å². The van der Waals surface area contributed by atoms with E-state index in [9.17, 15) is 9.59 Å². The molecule has 0 aliphatic heterocycles. The molecule has 0 aromatic rings. The predicted octanol–water partition coefficient (Wildman–Crippen LogP) is 2.44. The zero-order chi connectivity index (χ0) is 11.5. The van der Waals surface area contributed by atoms with Crippen LogP contribution in [0.3, 0.4) is 0 Å². The van der Waals surface area contributed by atoms with E-state index < -0.39 is 0 Å². The smallest absolute Gasteiger partial charge is 0.220 e. The normalized spacial score (nSPS) is 10.0. The molecular weight excluding hydrogens is 190 g/mol. The van der Waals surface area contributed by atoms with Gasteiger partial charge in [-0.2, -0.15) is 0 Å². The Kier molecular flexibility index (Phi) is 9.13. The first-order chi connectivity index (χ1) is 7.16. The molecule has 0 bridgehead atoms. The van der Waals surface area contributed by atoms with Gasteiger partial charge in [-0.1, -0.05) is 39.0 Å². The number of hydrogen-bond donors (Lipinski definition) is 1. The fraction of sp³-hybridized carbons (Fsp3) is 0.833. The molecule has 0 fully saturated rings. The number of rotatable bonds is 9. The van der Waals surface area contributed by atoms with Crippen molar-refractivity contribution in [2.24, 2.45) is 0 Å². The van der Waals surface area contributed by atoms with Crippen molar-refractivity contribution in [3.63, 3.8) is 0 Å². The van der Waals surface area contributed by atoms with Crippen molar-refractivity contribution < 1.29 is 9.59 Å². The van der Waals surface area contributed by atoms with Gasteiger partial charge in [0.25, 0.3) is 0 Å². The molecule has 0 saturated carbocycles. The lowest BCUT2D eigenvalue weighted by Gasteiger charge is -2.02. The maximum atomic E-state index is 11.2. The number of ketones is 1. The Balaban J connectivity index is 3.20. The monoisotopic (exact) mass is 213 g/mol. The van der Waals surface area contributed by atoms with Crippen LogP contribution in [-0.4, -0.2) is 18.2 Å². The van der Waals surface area contributed by atoms with E-state index >= 15 is 0 Å². The van der Waals surface area contributed by atoms with Crippen LogP contribution >= 0.6 is 0 Å². The second-order valence-electron chi connectivity index (χ2n) is 4.00. The summed E-state index contributed by atoms with van der Waals surface area (Å²) in [7, 11) is 0. The average molecular weight is 213 g/mol. The molecular formula is C12H23NO2. The molecule has 88 valence electrons. The first kappa shape index (κ1) is 14.1. The van der Waals surface area contributed by atoms with Gasteiger partial charge in [0.05, 0.1) is 6.54 Å².